The summed E-state index contributed by atoms with van der Waals surface area (Å²) in [6.45, 7) is 2.18. The van der Waals surface area contributed by atoms with Crippen LogP contribution in [0.3, 0.4) is 0 Å². The Labute approximate surface area is 100 Å². The van der Waals surface area contributed by atoms with Crippen LogP contribution in [0.15, 0.2) is 18.5 Å². The zero-order valence-corrected chi connectivity index (χ0v) is 9.98. The number of aromatic nitrogens is 4. The van der Waals surface area contributed by atoms with Gasteiger partial charge in [0.2, 0.25) is 0 Å². The fourth-order valence-corrected chi connectivity index (χ4v) is 2.41. The molecule has 5 heteroatoms. The molecule has 3 rings (SSSR count). The first-order valence-corrected chi connectivity index (χ1v) is 6.08. The zero-order chi connectivity index (χ0) is 11.7. The van der Waals surface area contributed by atoms with E-state index in [-0.39, 0.29) is 0 Å². The van der Waals surface area contributed by atoms with Gasteiger partial charge in [-0.1, -0.05) is 0 Å². The Morgan fingerprint density at radius 1 is 1.35 bits per heavy atom. The second kappa shape index (κ2) is 4.33. The van der Waals surface area contributed by atoms with Crippen LogP contribution in [0.5, 0.6) is 0 Å². The van der Waals surface area contributed by atoms with Gasteiger partial charge in [0.1, 0.15) is 5.82 Å². The quantitative estimate of drug-likeness (QED) is 0.818. The molecular weight excluding hydrogens is 214 g/mol. The molecule has 2 aromatic rings. The third-order valence-corrected chi connectivity index (χ3v) is 3.42. The molecule has 3 heterocycles. The first kappa shape index (κ1) is 10.5. The summed E-state index contributed by atoms with van der Waals surface area (Å²) in [6, 6.07) is 2.00. The Morgan fingerprint density at radius 3 is 2.88 bits per heavy atom. The van der Waals surface area contributed by atoms with Gasteiger partial charge in [0.05, 0.1) is 17.6 Å². The molecule has 0 saturated carbocycles. The van der Waals surface area contributed by atoms with Gasteiger partial charge >= 0.3 is 0 Å². The van der Waals surface area contributed by atoms with Gasteiger partial charge in [-0.25, -0.2) is 4.98 Å². The normalized spacial score (nSPS) is 17.5. The number of hydrogen-bond donors (Lipinski definition) is 2. The minimum Gasteiger partial charge on any atom is -0.341 e. The molecule has 90 valence electrons. The highest BCUT2D eigenvalue weighted by Crippen LogP contribution is 2.25. The standard InChI is InChI=1S/C12H17N5/c1-17-11(4-7-15-17)10-8-14-12(16-10)9-2-5-13-6-3-9/h4,7-9,13H,2-3,5-6H2,1H3,(H,14,16). The van der Waals surface area contributed by atoms with Crippen LogP contribution in [0.2, 0.25) is 0 Å². The van der Waals surface area contributed by atoms with Crippen LogP contribution in [-0.2, 0) is 7.05 Å². The average Bonchev–Trinajstić information content (AvgIpc) is 2.98. The maximum Gasteiger partial charge on any atom is 0.109 e. The molecule has 0 aliphatic carbocycles. The summed E-state index contributed by atoms with van der Waals surface area (Å²) in [5.41, 5.74) is 2.14. The van der Waals surface area contributed by atoms with E-state index in [4.69, 9.17) is 0 Å². The van der Waals surface area contributed by atoms with E-state index >= 15 is 0 Å². The Balaban J connectivity index is 1.85. The van der Waals surface area contributed by atoms with Crippen molar-refractivity contribution in [3.05, 3.63) is 24.3 Å². The van der Waals surface area contributed by atoms with E-state index in [2.05, 4.69) is 20.4 Å². The van der Waals surface area contributed by atoms with Gasteiger partial charge in [0.15, 0.2) is 0 Å². The van der Waals surface area contributed by atoms with Gasteiger partial charge < -0.3 is 10.3 Å². The third kappa shape index (κ3) is 1.98. The average molecular weight is 231 g/mol. The Bertz CT molecular complexity index is 492. The van der Waals surface area contributed by atoms with Crippen LogP contribution in [0.1, 0.15) is 24.6 Å². The van der Waals surface area contributed by atoms with Crippen molar-refractivity contribution >= 4 is 0 Å². The first-order valence-electron chi connectivity index (χ1n) is 6.08. The van der Waals surface area contributed by atoms with Crippen molar-refractivity contribution in [1.82, 2.24) is 25.1 Å². The van der Waals surface area contributed by atoms with Gasteiger partial charge in [-0.3, -0.25) is 4.68 Å². The number of nitrogens with zero attached hydrogens (tertiary/aromatic N) is 3. The van der Waals surface area contributed by atoms with Crippen molar-refractivity contribution in [2.24, 2.45) is 7.05 Å². The number of rotatable bonds is 2. The van der Waals surface area contributed by atoms with Crippen LogP contribution < -0.4 is 5.32 Å². The summed E-state index contributed by atoms with van der Waals surface area (Å²) >= 11 is 0. The molecule has 0 atom stereocenters. The third-order valence-electron chi connectivity index (χ3n) is 3.42. The molecular formula is C12H17N5. The fourth-order valence-electron chi connectivity index (χ4n) is 2.41. The van der Waals surface area contributed by atoms with E-state index in [0.717, 1.165) is 30.3 Å². The van der Waals surface area contributed by atoms with Crippen LogP contribution in [0.4, 0.5) is 0 Å². The second-order valence-electron chi connectivity index (χ2n) is 4.55. The SMILES string of the molecule is Cn1nccc1-c1cnc(C2CCNCC2)[nH]1. The smallest absolute Gasteiger partial charge is 0.109 e. The summed E-state index contributed by atoms with van der Waals surface area (Å²) in [4.78, 5) is 7.94. The summed E-state index contributed by atoms with van der Waals surface area (Å²) in [5, 5.41) is 7.55. The summed E-state index contributed by atoms with van der Waals surface area (Å²) in [5.74, 6) is 1.68. The number of piperidine rings is 1. The number of imidazole rings is 1. The van der Waals surface area contributed by atoms with Crippen molar-refractivity contribution < 1.29 is 0 Å². The van der Waals surface area contributed by atoms with Gasteiger partial charge in [-0.05, 0) is 32.0 Å². The predicted molar refractivity (Wildman–Crippen MR) is 65.6 cm³/mol. The molecule has 0 spiro atoms. The van der Waals surface area contributed by atoms with Crippen LogP contribution in [0.25, 0.3) is 11.4 Å². The van der Waals surface area contributed by atoms with E-state index < -0.39 is 0 Å². The van der Waals surface area contributed by atoms with Crippen LogP contribution in [0, 0.1) is 0 Å². The first-order chi connectivity index (χ1) is 8.34. The van der Waals surface area contributed by atoms with Crippen molar-refractivity contribution in [2.75, 3.05) is 13.1 Å². The molecule has 2 N–H and O–H groups in total. The molecule has 1 aliphatic heterocycles. The lowest BCUT2D eigenvalue weighted by molar-refractivity contribution is 0.447. The summed E-state index contributed by atoms with van der Waals surface area (Å²) < 4.78 is 1.86. The number of aryl methyl sites for hydroxylation is 1. The molecule has 0 unspecified atom stereocenters. The zero-order valence-electron chi connectivity index (χ0n) is 9.98. The highest BCUT2D eigenvalue weighted by molar-refractivity contribution is 5.53. The lowest BCUT2D eigenvalue weighted by Crippen LogP contribution is -2.27. The Kier molecular flexibility index (Phi) is 2.68. The summed E-state index contributed by atoms with van der Waals surface area (Å²) in [7, 11) is 1.94. The summed E-state index contributed by atoms with van der Waals surface area (Å²) in [6.07, 6.45) is 6.05. The molecule has 0 radical (unpaired) electrons. The van der Waals surface area contributed by atoms with E-state index in [1.807, 2.05) is 24.0 Å². The molecule has 0 aromatic carbocycles. The van der Waals surface area contributed by atoms with E-state index in [0.29, 0.717) is 5.92 Å². The molecule has 17 heavy (non-hydrogen) atoms. The van der Waals surface area contributed by atoms with Crippen molar-refractivity contribution in [3.8, 4) is 11.4 Å². The van der Waals surface area contributed by atoms with Crippen LogP contribution in [-0.4, -0.2) is 32.8 Å². The van der Waals surface area contributed by atoms with E-state index in [1.54, 1.807) is 6.20 Å². The fraction of sp³-hybridized carbons (Fsp3) is 0.500. The highest BCUT2D eigenvalue weighted by atomic mass is 15.3. The second-order valence-corrected chi connectivity index (χ2v) is 4.55. The Hall–Kier alpha value is -1.62. The van der Waals surface area contributed by atoms with Gasteiger partial charge in [-0.15, -0.1) is 0 Å². The van der Waals surface area contributed by atoms with Gasteiger partial charge in [-0.2, -0.15) is 5.10 Å². The van der Waals surface area contributed by atoms with E-state index in [1.165, 1.54) is 12.8 Å². The maximum atomic E-state index is 4.51. The lowest BCUT2D eigenvalue weighted by atomic mass is 9.98. The largest absolute Gasteiger partial charge is 0.341 e. The van der Waals surface area contributed by atoms with Crippen molar-refractivity contribution in [2.45, 2.75) is 18.8 Å². The monoisotopic (exact) mass is 231 g/mol. The Morgan fingerprint density at radius 2 is 2.18 bits per heavy atom. The van der Waals surface area contributed by atoms with Crippen molar-refractivity contribution in [1.29, 1.82) is 0 Å². The molecule has 0 bridgehead atoms. The van der Waals surface area contributed by atoms with E-state index in [9.17, 15) is 0 Å². The lowest BCUT2D eigenvalue weighted by Gasteiger charge is -2.20. The molecule has 1 saturated heterocycles. The minimum atomic E-state index is 0.568. The number of hydrogen-bond acceptors (Lipinski definition) is 3. The predicted octanol–water partition coefficient (Wildman–Crippen LogP) is 1.28. The maximum absolute atomic E-state index is 4.51. The highest BCUT2D eigenvalue weighted by Gasteiger charge is 2.18. The number of aromatic amines is 1. The number of nitrogens with one attached hydrogen (secondary N) is 2. The molecule has 2 aromatic heterocycles. The molecule has 5 nitrogen and oxygen atoms in total. The van der Waals surface area contributed by atoms with Gasteiger partial charge in [0.25, 0.3) is 0 Å². The topological polar surface area (TPSA) is 58.5 Å². The van der Waals surface area contributed by atoms with Crippen LogP contribution >= 0.6 is 0 Å². The molecule has 0 amide bonds. The van der Waals surface area contributed by atoms with Gasteiger partial charge in [0, 0.05) is 19.2 Å². The molecule has 1 fully saturated rings. The molecule has 1 aliphatic rings. The van der Waals surface area contributed by atoms with Crippen molar-refractivity contribution in [3.63, 3.8) is 0 Å². The minimum absolute atomic E-state index is 0.568. The number of H-pyrrole nitrogens is 1.